The first-order valence-electron chi connectivity index (χ1n) is 16.9. The van der Waals surface area contributed by atoms with E-state index in [1.54, 1.807) is 0 Å². The summed E-state index contributed by atoms with van der Waals surface area (Å²) >= 11 is 0. The molecule has 0 saturated carbocycles. The molecule has 0 fully saturated rings. The first-order chi connectivity index (χ1) is 25.2. The van der Waals surface area contributed by atoms with E-state index in [1.165, 1.54) is 10.8 Å². The summed E-state index contributed by atoms with van der Waals surface area (Å²) in [6, 6.07) is 58.7. The van der Waals surface area contributed by atoms with E-state index < -0.39 is 0 Å². The Balaban J connectivity index is 1.23. The fourth-order valence-corrected chi connectivity index (χ4v) is 7.41. The van der Waals surface area contributed by atoms with Gasteiger partial charge in [-0.15, -0.1) is 0 Å². The number of benzene rings is 8. The van der Waals surface area contributed by atoms with E-state index in [9.17, 15) is 5.26 Å². The summed E-state index contributed by atoms with van der Waals surface area (Å²) in [4.78, 5) is 15.5. The van der Waals surface area contributed by atoms with Crippen LogP contribution < -0.4 is 0 Å². The van der Waals surface area contributed by atoms with Crippen LogP contribution in [0, 0.1) is 11.3 Å². The van der Waals surface area contributed by atoms with Crippen LogP contribution in [0.1, 0.15) is 5.56 Å². The second-order valence-corrected chi connectivity index (χ2v) is 12.8. The van der Waals surface area contributed by atoms with Crippen molar-refractivity contribution in [1.82, 2.24) is 19.5 Å². The van der Waals surface area contributed by atoms with Crippen molar-refractivity contribution in [3.8, 4) is 45.9 Å². The van der Waals surface area contributed by atoms with Crippen molar-refractivity contribution in [2.75, 3.05) is 0 Å². The lowest BCUT2D eigenvalue weighted by Gasteiger charge is -2.12. The molecule has 10 rings (SSSR count). The summed E-state index contributed by atoms with van der Waals surface area (Å²) in [5.74, 6) is 1.82. The summed E-state index contributed by atoms with van der Waals surface area (Å²) in [7, 11) is 0. The van der Waals surface area contributed by atoms with Crippen molar-refractivity contribution < 1.29 is 0 Å². The van der Waals surface area contributed by atoms with Crippen LogP contribution in [0.2, 0.25) is 0 Å². The molecule has 0 unspecified atom stereocenters. The van der Waals surface area contributed by atoms with E-state index in [1.807, 2.05) is 42.5 Å². The number of nitriles is 1. The topological polar surface area (TPSA) is 67.4 Å². The fourth-order valence-electron chi connectivity index (χ4n) is 7.41. The second kappa shape index (κ2) is 11.5. The molecule has 0 amide bonds. The van der Waals surface area contributed by atoms with Crippen LogP contribution in [0.15, 0.2) is 164 Å². The van der Waals surface area contributed by atoms with Gasteiger partial charge in [0.15, 0.2) is 17.5 Å². The van der Waals surface area contributed by atoms with Crippen molar-refractivity contribution in [1.29, 1.82) is 5.26 Å². The molecule has 8 aromatic carbocycles. The van der Waals surface area contributed by atoms with Gasteiger partial charge >= 0.3 is 0 Å². The Morgan fingerprint density at radius 1 is 0.412 bits per heavy atom. The van der Waals surface area contributed by atoms with Crippen molar-refractivity contribution in [3.63, 3.8) is 0 Å². The minimum atomic E-state index is 0.584. The highest BCUT2D eigenvalue weighted by molar-refractivity contribution is 6.11. The zero-order valence-corrected chi connectivity index (χ0v) is 27.3. The van der Waals surface area contributed by atoms with Gasteiger partial charge in [-0.2, -0.15) is 5.26 Å². The van der Waals surface area contributed by atoms with Crippen molar-refractivity contribution in [2.24, 2.45) is 0 Å². The third-order valence-electron chi connectivity index (χ3n) is 9.84. The Hall–Kier alpha value is -7.16. The Kier molecular flexibility index (Phi) is 6.48. The quantitative estimate of drug-likeness (QED) is 0.190. The molecule has 0 aliphatic heterocycles. The van der Waals surface area contributed by atoms with Gasteiger partial charge in [0.2, 0.25) is 0 Å². The highest BCUT2D eigenvalue weighted by atomic mass is 15.0. The Bertz CT molecular complexity index is 2950. The molecule has 236 valence electrons. The third-order valence-corrected chi connectivity index (χ3v) is 9.84. The zero-order valence-electron chi connectivity index (χ0n) is 27.3. The van der Waals surface area contributed by atoms with E-state index >= 15 is 0 Å². The Morgan fingerprint density at radius 3 is 1.63 bits per heavy atom. The van der Waals surface area contributed by atoms with E-state index in [0.717, 1.165) is 65.7 Å². The summed E-state index contributed by atoms with van der Waals surface area (Å²) in [5.41, 5.74) is 6.51. The van der Waals surface area contributed by atoms with Crippen molar-refractivity contribution in [3.05, 3.63) is 169 Å². The van der Waals surface area contributed by atoms with Crippen LogP contribution in [0.5, 0.6) is 0 Å². The van der Waals surface area contributed by atoms with Gasteiger partial charge in [0, 0.05) is 33.2 Å². The molecule has 0 radical (unpaired) electrons. The van der Waals surface area contributed by atoms with Crippen LogP contribution in [0.4, 0.5) is 0 Å². The van der Waals surface area contributed by atoms with Gasteiger partial charge in [0.05, 0.1) is 22.7 Å². The number of rotatable bonds is 4. The number of hydrogen-bond donors (Lipinski definition) is 0. The van der Waals surface area contributed by atoms with Gasteiger partial charge in [-0.05, 0) is 80.8 Å². The van der Waals surface area contributed by atoms with Crippen LogP contribution in [-0.2, 0) is 0 Å². The minimum Gasteiger partial charge on any atom is -0.309 e. The minimum absolute atomic E-state index is 0.584. The van der Waals surface area contributed by atoms with Gasteiger partial charge in [-0.3, -0.25) is 0 Å². The SMILES string of the molecule is N#Cc1ccc2c(c1)c1cc(-c3nc(-c4cccc5ccccc45)nc(-c4cccc5ccccc45)n3)ccc1n2-c1ccc2ccccc2c1. The van der Waals surface area contributed by atoms with Gasteiger partial charge in [0.1, 0.15) is 0 Å². The highest BCUT2D eigenvalue weighted by Gasteiger charge is 2.19. The Morgan fingerprint density at radius 2 is 0.961 bits per heavy atom. The lowest BCUT2D eigenvalue weighted by molar-refractivity contribution is 1.08. The predicted octanol–water partition coefficient (Wildman–Crippen LogP) is 11.3. The summed E-state index contributed by atoms with van der Waals surface area (Å²) < 4.78 is 2.28. The molecule has 5 nitrogen and oxygen atoms in total. The van der Waals surface area contributed by atoms with Gasteiger partial charge in [-0.1, -0.05) is 115 Å². The molecule has 0 aliphatic carbocycles. The molecule has 2 aromatic heterocycles. The number of fused-ring (bicyclic) bond motifs is 6. The van der Waals surface area contributed by atoms with E-state index in [4.69, 9.17) is 15.0 Å². The van der Waals surface area contributed by atoms with Gasteiger partial charge in [0.25, 0.3) is 0 Å². The third kappa shape index (κ3) is 4.74. The van der Waals surface area contributed by atoms with Crippen LogP contribution in [0.25, 0.3) is 94.0 Å². The summed E-state index contributed by atoms with van der Waals surface area (Å²) in [5, 5.41) is 18.7. The molecule has 0 aliphatic rings. The zero-order chi connectivity index (χ0) is 33.9. The molecule has 0 atom stereocenters. The van der Waals surface area contributed by atoms with E-state index in [0.29, 0.717) is 23.0 Å². The summed E-state index contributed by atoms with van der Waals surface area (Å²) in [6.45, 7) is 0. The number of hydrogen-bond acceptors (Lipinski definition) is 4. The fraction of sp³-hybridized carbons (Fsp3) is 0. The highest BCUT2D eigenvalue weighted by Crippen LogP contribution is 2.37. The van der Waals surface area contributed by atoms with Crippen molar-refractivity contribution in [2.45, 2.75) is 0 Å². The van der Waals surface area contributed by atoms with Crippen LogP contribution in [-0.4, -0.2) is 19.5 Å². The average molecular weight is 650 g/mol. The molecule has 2 heterocycles. The monoisotopic (exact) mass is 649 g/mol. The maximum absolute atomic E-state index is 9.89. The van der Waals surface area contributed by atoms with E-state index in [-0.39, 0.29) is 0 Å². The second-order valence-electron chi connectivity index (χ2n) is 12.8. The molecule has 0 saturated heterocycles. The average Bonchev–Trinajstić information content (AvgIpc) is 3.53. The van der Waals surface area contributed by atoms with E-state index in [2.05, 4.69) is 132 Å². The van der Waals surface area contributed by atoms with Crippen molar-refractivity contribution >= 4 is 54.1 Å². The lowest BCUT2D eigenvalue weighted by atomic mass is 10.0. The predicted molar refractivity (Wildman–Crippen MR) is 208 cm³/mol. The molecule has 51 heavy (non-hydrogen) atoms. The standard InChI is InChI=1S/C46H27N5/c47-28-29-19-23-42-40(25-29)41-27-34(21-24-43(41)51(42)35-22-20-30-9-1-2-12-33(30)26-35)44-48-45(38-17-7-13-31-10-3-5-15-36(31)38)50-46(49-44)39-18-8-14-32-11-4-6-16-37(32)39/h1-27H. The smallest absolute Gasteiger partial charge is 0.164 e. The van der Waals surface area contributed by atoms with Gasteiger partial charge in [-0.25, -0.2) is 15.0 Å². The maximum atomic E-state index is 9.89. The maximum Gasteiger partial charge on any atom is 0.164 e. The molecule has 10 aromatic rings. The van der Waals surface area contributed by atoms with Gasteiger partial charge < -0.3 is 4.57 Å². The van der Waals surface area contributed by atoms with Crippen LogP contribution >= 0.6 is 0 Å². The summed E-state index contributed by atoms with van der Waals surface area (Å²) in [6.07, 6.45) is 0. The first-order valence-corrected chi connectivity index (χ1v) is 16.9. The van der Waals surface area contributed by atoms with Crippen LogP contribution in [0.3, 0.4) is 0 Å². The molecular weight excluding hydrogens is 623 g/mol. The molecule has 0 bridgehead atoms. The largest absolute Gasteiger partial charge is 0.309 e. The molecule has 0 N–H and O–H groups in total. The lowest BCUT2D eigenvalue weighted by Crippen LogP contribution is -2.01. The Labute approximate surface area is 293 Å². The first kappa shape index (κ1) is 28.8. The molecule has 0 spiro atoms. The number of nitrogens with zero attached hydrogens (tertiary/aromatic N) is 5. The molecule has 5 heteroatoms. The molecular formula is C46H27N5. The number of aromatic nitrogens is 4. The normalized spacial score (nSPS) is 11.5.